The van der Waals surface area contributed by atoms with Crippen molar-refractivity contribution in [2.24, 2.45) is 5.92 Å². The van der Waals surface area contributed by atoms with Gasteiger partial charge in [-0.05, 0) is 51.1 Å². The van der Waals surface area contributed by atoms with E-state index in [9.17, 15) is 13.2 Å². The maximum absolute atomic E-state index is 12.6. The van der Waals surface area contributed by atoms with Gasteiger partial charge in [-0.2, -0.15) is 5.10 Å². The van der Waals surface area contributed by atoms with E-state index in [1.54, 1.807) is 35.0 Å². The van der Waals surface area contributed by atoms with Crippen molar-refractivity contribution in [1.82, 2.24) is 14.7 Å². The standard InChI is InChI=1S/C18H23N3O3S.ClH/c1-20(2)12-15-10-17(19-21(18(15)22)11-13-4-5-13)14-6-8-16(9-7-14)25(3,23)24;/h6-10,13H,4-5,11-12H2,1-3H3;1H. The first kappa shape index (κ1) is 20.6. The zero-order chi connectivity index (χ0) is 18.2. The number of nitrogens with zero attached hydrogens (tertiary/aromatic N) is 3. The van der Waals surface area contributed by atoms with Gasteiger partial charge in [0.1, 0.15) is 0 Å². The topological polar surface area (TPSA) is 72.3 Å². The highest BCUT2D eigenvalue weighted by molar-refractivity contribution is 7.90. The van der Waals surface area contributed by atoms with Crippen molar-refractivity contribution in [2.45, 2.75) is 30.8 Å². The minimum Gasteiger partial charge on any atom is -0.305 e. The molecule has 26 heavy (non-hydrogen) atoms. The van der Waals surface area contributed by atoms with E-state index in [-0.39, 0.29) is 22.9 Å². The average Bonchev–Trinajstić information content (AvgIpc) is 3.34. The van der Waals surface area contributed by atoms with Crippen LogP contribution in [0.1, 0.15) is 18.4 Å². The van der Waals surface area contributed by atoms with Gasteiger partial charge in [-0.15, -0.1) is 12.4 Å². The highest BCUT2D eigenvalue weighted by atomic mass is 35.5. The zero-order valence-corrected chi connectivity index (χ0v) is 16.8. The first-order valence-corrected chi connectivity index (χ1v) is 10.2. The zero-order valence-electron chi connectivity index (χ0n) is 15.2. The molecule has 142 valence electrons. The van der Waals surface area contributed by atoms with E-state index in [2.05, 4.69) is 5.10 Å². The summed E-state index contributed by atoms with van der Waals surface area (Å²) in [5.41, 5.74) is 2.15. The quantitative estimate of drug-likeness (QED) is 0.747. The summed E-state index contributed by atoms with van der Waals surface area (Å²) in [6.45, 7) is 1.19. The Labute approximate surface area is 160 Å². The molecule has 3 rings (SSSR count). The fourth-order valence-corrected chi connectivity index (χ4v) is 3.36. The van der Waals surface area contributed by atoms with Crippen LogP contribution in [0.15, 0.2) is 40.0 Å². The van der Waals surface area contributed by atoms with Gasteiger partial charge >= 0.3 is 0 Å². The molecule has 0 spiro atoms. The minimum atomic E-state index is -3.23. The molecule has 1 aromatic carbocycles. The van der Waals surface area contributed by atoms with Crippen molar-refractivity contribution in [3.63, 3.8) is 0 Å². The van der Waals surface area contributed by atoms with E-state index in [4.69, 9.17) is 0 Å². The van der Waals surface area contributed by atoms with Gasteiger partial charge < -0.3 is 4.90 Å². The monoisotopic (exact) mass is 397 g/mol. The van der Waals surface area contributed by atoms with Crippen LogP contribution in [0.25, 0.3) is 11.3 Å². The van der Waals surface area contributed by atoms with E-state index < -0.39 is 9.84 Å². The van der Waals surface area contributed by atoms with Crippen LogP contribution in [0.3, 0.4) is 0 Å². The Hall–Kier alpha value is -1.70. The molecule has 1 fully saturated rings. The second kappa shape index (κ2) is 7.90. The number of aromatic nitrogens is 2. The van der Waals surface area contributed by atoms with Crippen LogP contribution >= 0.6 is 12.4 Å². The van der Waals surface area contributed by atoms with Gasteiger partial charge in [-0.3, -0.25) is 4.79 Å². The summed E-state index contributed by atoms with van der Waals surface area (Å²) in [4.78, 5) is 14.9. The van der Waals surface area contributed by atoms with Crippen molar-refractivity contribution in [1.29, 1.82) is 0 Å². The van der Waals surface area contributed by atoms with Crippen LogP contribution in [0, 0.1) is 5.92 Å². The first-order valence-electron chi connectivity index (χ1n) is 8.30. The largest absolute Gasteiger partial charge is 0.305 e. The van der Waals surface area contributed by atoms with Crippen molar-refractivity contribution in [3.8, 4) is 11.3 Å². The molecule has 6 nitrogen and oxygen atoms in total. The molecule has 0 N–H and O–H groups in total. The molecule has 1 heterocycles. The van der Waals surface area contributed by atoms with Gasteiger partial charge in [0, 0.05) is 30.5 Å². The fraction of sp³-hybridized carbons (Fsp3) is 0.444. The molecule has 1 aliphatic carbocycles. The van der Waals surface area contributed by atoms with Crippen LogP contribution in [0.2, 0.25) is 0 Å². The smallest absolute Gasteiger partial charge is 0.271 e. The number of benzene rings is 1. The van der Waals surface area contributed by atoms with Crippen LogP contribution in [0.4, 0.5) is 0 Å². The molecule has 1 saturated carbocycles. The molecule has 1 aliphatic rings. The highest BCUT2D eigenvalue weighted by Gasteiger charge is 2.23. The Balaban J connectivity index is 0.00000243. The summed E-state index contributed by atoms with van der Waals surface area (Å²) in [5, 5.41) is 4.52. The molecule has 0 atom stereocenters. The van der Waals surface area contributed by atoms with Gasteiger partial charge in [0.05, 0.1) is 10.6 Å². The van der Waals surface area contributed by atoms with Gasteiger partial charge in [0.25, 0.3) is 5.56 Å². The third-order valence-electron chi connectivity index (χ3n) is 4.24. The normalized spacial score (nSPS) is 14.3. The highest BCUT2D eigenvalue weighted by Crippen LogP contribution is 2.30. The Kier molecular flexibility index (Phi) is 6.26. The van der Waals surface area contributed by atoms with Gasteiger partial charge in [0.2, 0.25) is 0 Å². The predicted octanol–water partition coefficient (Wildman–Crippen LogP) is 2.21. The maximum Gasteiger partial charge on any atom is 0.271 e. The fourth-order valence-electron chi connectivity index (χ4n) is 2.73. The molecule has 0 saturated heterocycles. The number of hydrogen-bond donors (Lipinski definition) is 0. The van der Waals surface area contributed by atoms with Crippen LogP contribution < -0.4 is 5.56 Å². The van der Waals surface area contributed by atoms with Gasteiger partial charge in [0.15, 0.2) is 9.84 Å². The molecule has 1 aromatic heterocycles. The van der Waals surface area contributed by atoms with Crippen LogP contribution in [-0.4, -0.2) is 43.4 Å². The molecule has 0 aliphatic heterocycles. The molecule has 0 bridgehead atoms. The second-order valence-electron chi connectivity index (χ2n) is 7.02. The van der Waals surface area contributed by atoms with Crippen molar-refractivity contribution < 1.29 is 8.42 Å². The second-order valence-corrected chi connectivity index (χ2v) is 9.04. The summed E-state index contributed by atoms with van der Waals surface area (Å²) in [6.07, 6.45) is 3.47. The Bertz CT molecular complexity index is 905. The lowest BCUT2D eigenvalue weighted by Gasteiger charge is -2.13. The Morgan fingerprint density at radius 2 is 1.81 bits per heavy atom. The molecule has 2 aromatic rings. The predicted molar refractivity (Wildman–Crippen MR) is 104 cm³/mol. The molecular weight excluding hydrogens is 374 g/mol. The Morgan fingerprint density at radius 3 is 2.31 bits per heavy atom. The third kappa shape index (κ3) is 4.93. The molecule has 0 unspecified atom stereocenters. The van der Waals surface area contributed by atoms with Crippen molar-refractivity contribution in [2.75, 3.05) is 20.4 Å². The lowest BCUT2D eigenvalue weighted by molar-refractivity contribution is 0.395. The van der Waals surface area contributed by atoms with E-state index in [0.29, 0.717) is 30.3 Å². The van der Waals surface area contributed by atoms with E-state index >= 15 is 0 Å². The average molecular weight is 398 g/mol. The van der Waals surface area contributed by atoms with Crippen molar-refractivity contribution in [3.05, 3.63) is 46.2 Å². The SMILES string of the molecule is CN(C)Cc1cc(-c2ccc(S(C)(=O)=O)cc2)nn(CC2CC2)c1=O.Cl. The summed E-state index contributed by atoms with van der Waals surface area (Å²) in [7, 11) is 0.614. The number of sulfone groups is 1. The number of rotatable bonds is 6. The first-order chi connectivity index (χ1) is 11.7. The summed E-state index contributed by atoms with van der Waals surface area (Å²) in [5.74, 6) is 0.542. The summed E-state index contributed by atoms with van der Waals surface area (Å²) >= 11 is 0. The van der Waals surface area contributed by atoms with Gasteiger partial charge in [-0.25, -0.2) is 13.1 Å². The third-order valence-corrected chi connectivity index (χ3v) is 5.37. The van der Waals surface area contributed by atoms with Crippen molar-refractivity contribution >= 4 is 22.2 Å². The molecular formula is C18H24ClN3O3S. The molecule has 8 heteroatoms. The summed E-state index contributed by atoms with van der Waals surface area (Å²) < 4.78 is 24.8. The van der Waals surface area contributed by atoms with Crippen LogP contribution in [-0.2, 0) is 22.9 Å². The number of halogens is 1. The molecule has 0 amide bonds. The molecule has 0 radical (unpaired) electrons. The van der Waals surface area contributed by atoms with E-state index in [0.717, 1.165) is 18.4 Å². The van der Waals surface area contributed by atoms with E-state index in [1.165, 1.54) is 6.26 Å². The van der Waals surface area contributed by atoms with Gasteiger partial charge in [-0.1, -0.05) is 12.1 Å². The van der Waals surface area contributed by atoms with Crippen LogP contribution in [0.5, 0.6) is 0 Å². The minimum absolute atomic E-state index is 0. The number of hydrogen-bond acceptors (Lipinski definition) is 5. The lowest BCUT2D eigenvalue weighted by atomic mass is 10.1. The van der Waals surface area contributed by atoms with E-state index in [1.807, 2.05) is 19.0 Å². The lowest BCUT2D eigenvalue weighted by Crippen LogP contribution is -2.30. The maximum atomic E-state index is 12.6. The summed E-state index contributed by atoms with van der Waals surface area (Å²) in [6, 6.07) is 8.44. The Morgan fingerprint density at radius 1 is 1.19 bits per heavy atom.